The van der Waals surface area contributed by atoms with Gasteiger partial charge in [0.2, 0.25) is 0 Å². The Morgan fingerprint density at radius 3 is 2.64 bits per heavy atom. The molecule has 0 saturated carbocycles. The van der Waals surface area contributed by atoms with Gasteiger partial charge in [0.05, 0.1) is 24.4 Å². The van der Waals surface area contributed by atoms with E-state index in [1.165, 1.54) is 43.0 Å². The third kappa shape index (κ3) is 6.33. The molecule has 1 aliphatic carbocycles. The summed E-state index contributed by atoms with van der Waals surface area (Å²) in [6.45, 7) is 1.54. The van der Waals surface area contributed by atoms with Crippen molar-refractivity contribution in [1.29, 1.82) is 5.26 Å². The van der Waals surface area contributed by atoms with E-state index in [1.807, 2.05) is 12.1 Å². The number of ether oxygens (including phenoxy) is 3. The number of nitrogens with one attached hydrogen (secondary N) is 2. The molecule has 2 bridgehead atoms. The summed E-state index contributed by atoms with van der Waals surface area (Å²) in [5.41, 5.74) is 2.44. The van der Waals surface area contributed by atoms with Crippen molar-refractivity contribution in [2.24, 2.45) is 5.92 Å². The summed E-state index contributed by atoms with van der Waals surface area (Å²) in [5, 5.41) is 11.8. The minimum absolute atomic E-state index is 0.143. The van der Waals surface area contributed by atoms with Gasteiger partial charge in [-0.3, -0.25) is 4.79 Å². The van der Waals surface area contributed by atoms with Gasteiger partial charge in [0.1, 0.15) is 6.07 Å². The first kappa shape index (κ1) is 26.3. The molecule has 1 amide bonds. The maximum Gasteiger partial charge on any atom is 0.287 e. The first-order valence-corrected chi connectivity index (χ1v) is 13.0. The Morgan fingerprint density at radius 1 is 1.28 bits per heavy atom. The number of nitriles is 1. The topological polar surface area (TPSA) is 109 Å². The lowest BCUT2D eigenvalue weighted by Gasteiger charge is -2.44. The number of nitrogens with zero attached hydrogens (tertiary/aromatic N) is 2. The molecule has 2 fully saturated rings. The van der Waals surface area contributed by atoms with Crippen molar-refractivity contribution in [2.45, 2.75) is 69.0 Å². The number of amides is 1. The second kappa shape index (κ2) is 12.0. The molecule has 0 radical (unpaired) electrons. The number of imidazole rings is 1. The zero-order valence-corrected chi connectivity index (χ0v) is 21.5. The summed E-state index contributed by atoms with van der Waals surface area (Å²) >= 11 is 0. The highest BCUT2D eigenvalue weighted by molar-refractivity contribution is 5.90. The molecule has 4 rings (SSSR count). The number of rotatable bonds is 11. The van der Waals surface area contributed by atoms with E-state index in [0.29, 0.717) is 25.7 Å². The maximum atomic E-state index is 12.4. The fraction of sp³-hybridized carbons (Fsp3) is 0.607. The van der Waals surface area contributed by atoms with E-state index >= 15 is 0 Å². The zero-order valence-electron chi connectivity index (χ0n) is 21.5. The average Bonchev–Trinajstić information content (AvgIpc) is 3.47. The maximum absolute atomic E-state index is 12.4. The van der Waals surface area contributed by atoms with E-state index in [-0.39, 0.29) is 28.6 Å². The quantitative estimate of drug-likeness (QED) is 0.349. The molecule has 36 heavy (non-hydrogen) atoms. The molecular formula is C28H38N4O4. The van der Waals surface area contributed by atoms with E-state index in [1.54, 1.807) is 14.2 Å². The minimum atomic E-state index is -0.332. The Labute approximate surface area is 213 Å². The van der Waals surface area contributed by atoms with Crippen LogP contribution in [0.25, 0.3) is 0 Å². The van der Waals surface area contributed by atoms with Crippen molar-refractivity contribution in [3.8, 4) is 6.07 Å². The van der Waals surface area contributed by atoms with Crippen LogP contribution in [-0.4, -0.2) is 61.1 Å². The lowest BCUT2D eigenvalue weighted by atomic mass is 9.78. The molecule has 3 aliphatic rings. The lowest BCUT2D eigenvalue weighted by molar-refractivity contribution is -0.188. The fourth-order valence-electron chi connectivity index (χ4n) is 5.99. The van der Waals surface area contributed by atoms with Crippen LogP contribution in [0.1, 0.15) is 74.1 Å². The van der Waals surface area contributed by atoms with E-state index in [4.69, 9.17) is 19.5 Å². The SMILES string of the molecule is COC[C@@]12CC[C@@](COC)(C[C@@H](C(/C=C\CNC(=O)c3nc(C#N)c[nH]3)=C/CC3=CCCCC3)C1)O2. The van der Waals surface area contributed by atoms with Crippen LogP contribution >= 0.6 is 0 Å². The third-order valence-electron chi connectivity index (χ3n) is 7.58. The predicted molar refractivity (Wildman–Crippen MR) is 136 cm³/mol. The monoisotopic (exact) mass is 494 g/mol. The van der Waals surface area contributed by atoms with Crippen LogP contribution in [0, 0.1) is 17.2 Å². The van der Waals surface area contributed by atoms with Crippen LogP contribution in [0.5, 0.6) is 0 Å². The van der Waals surface area contributed by atoms with Gasteiger partial charge in [0, 0.05) is 27.0 Å². The first-order valence-electron chi connectivity index (χ1n) is 13.0. The average molecular weight is 495 g/mol. The Morgan fingerprint density at radius 2 is 2.03 bits per heavy atom. The van der Waals surface area contributed by atoms with Gasteiger partial charge in [-0.25, -0.2) is 4.98 Å². The Balaban J connectivity index is 1.49. The van der Waals surface area contributed by atoms with Crippen molar-refractivity contribution in [2.75, 3.05) is 34.0 Å². The molecule has 3 atom stereocenters. The molecular weight excluding hydrogens is 456 g/mol. The van der Waals surface area contributed by atoms with Crippen LogP contribution in [0.4, 0.5) is 0 Å². The van der Waals surface area contributed by atoms with Crippen LogP contribution in [0.2, 0.25) is 0 Å². The van der Waals surface area contributed by atoms with E-state index in [0.717, 1.165) is 32.1 Å². The van der Waals surface area contributed by atoms with Gasteiger partial charge >= 0.3 is 0 Å². The van der Waals surface area contributed by atoms with Gasteiger partial charge in [0.15, 0.2) is 11.5 Å². The normalized spacial score (nSPS) is 28.2. The van der Waals surface area contributed by atoms with Crippen molar-refractivity contribution in [3.05, 3.63) is 53.2 Å². The highest BCUT2D eigenvalue weighted by Gasteiger charge is 2.55. The molecule has 2 aliphatic heterocycles. The number of fused-ring (bicyclic) bond motifs is 2. The fourth-order valence-corrected chi connectivity index (χ4v) is 5.99. The molecule has 2 saturated heterocycles. The van der Waals surface area contributed by atoms with Crippen LogP contribution < -0.4 is 5.32 Å². The second-order valence-electron chi connectivity index (χ2n) is 10.3. The summed E-state index contributed by atoms with van der Waals surface area (Å²) < 4.78 is 17.8. The summed E-state index contributed by atoms with van der Waals surface area (Å²) in [6.07, 6.45) is 20.0. The largest absolute Gasteiger partial charge is 0.382 e. The van der Waals surface area contributed by atoms with Gasteiger partial charge in [-0.2, -0.15) is 5.26 Å². The molecule has 8 heteroatoms. The molecule has 3 heterocycles. The first-order chi connectivity index (χ1) is 17.5. The number of H-pyrrole nitrogens is 1. The van der Waals surface area contributed by atoms with Gasteiger partial charge in [-0.1, -0.05) is 29.9 Å². The summed E-state index contributed by atoms with van der Waals surface area (Å²) in [6, 6.07) is 1.92. The standard InChI is InChI=1S/C28H38N4O4/c1-34-19-27-12-13-28(36-27,20-35-2)16-23(15-27)22(11-10-21-7-4-3-5-8-21)9-6-14-30-26(33)25-31-18-24(17-29)32-25/h6-7,9,11,18,23H,3-5,8,10,12-16,19-20H2,1-2H3,(H,30,33)(H,31,32)/b9-6-,22-11+/t23-,27+,28-. The van der Waals surface area contributed by atoms with Gasteiger partial charge < -0.3 is 24.5 Å². The van der Waals surface area contributed by atoms with Crippen LogP contribution in [-0.2, 0) is 14.2 Å². The molecule has 1 aromatic rings. The van der Waals surface area contributed by atoms with Crippen LogP contribution in [0.15, 0.2) is 41.6 Å². The zero-order chi connectivity index (χ0) is 25.4. The molecule has 0 aromatic carbocycles. The second-order valence-corrected chi connectivity index (χ2v) is 10.3. The van der Waals surface area contributed by atoms with Gasteiger partial charge in [-0.05, 0) is 69.3 Å². The van der Waals surface area contributed by atoms with Crippen molar-refractivity contribution < 1.29 is 19.0 Å². The molecule has 1 aromatic heterocycles. The lowest BCUT2D eigenvalue weighted by Crippen LogP contribution is -2.48. The Kier molecular flexibility index (Phi) is 8.78. The summed E-state index contributed by atoms with van der Waals surface area (Å²) in [4.78, 5) is 19.1. The number of methoxy groups -OCH3 is 2. The number of carbonyl (C=O) groups excluding carboxylic acids is 1. The molecule has 8 nitrogen and oxygen atoms in total. The van der Waals surface area contributed by atoms with Gasteiger partial charge in [-0.15, -0.1) is 0 Å². The van der Waals surface area contributed by atoms with E-state index < -0.39 is 0 Å². The van der Waals surface area contributed by atoms with Gasteiger partial charge in [0.25, 0.3) is 5.91 Å². The van der Waals surface area contributed by atoms with Crippen LogP contribution in [0.3, 0.4) is 0 Å². The highest BCUT2D eigenvalue weighted by Crippen LogP contribution is 2.52. The number of aromatic amines is 1. The molecule has 0 spiro atoms. The molecule has 2 N–H and O–H groups in total. The summed E-state index contributed by atoms with van der Waals surface area (Å²) in [5.74, 6) is 0.135. The highest BCUT2D eigenvalue weighted by atomic mass is 16.6. The smallest absolute Gasteiger partial charge is 0.287 e. The van der Waals surface area contributed by atoms with E-state index in [9.17, 15) is 4.79 Å². The number of allylic oxidation sites excluding steroid dienone is 5. The number of carbonyl (C=O) groups is 1. The van der Waals surface area contributed by atoms with Crippen molar-refractivity contribution >= 4 is 5.91 Å². The molecule has 194 valence electrons. The number of hydrogen-bond acceptors (Lipinski definition) is 6. The number of aromatic nitrogens is 2. The Bertz CT molecular complexity index is 1030. The van der Waals surface area contributed by atoms with Crippen molar-refractivity contribution in [3.63, 3.8) is 0 Å². The number of hydrogen-bond donors (Lipinski definition) is 2. The predicted octanol–water partition coefficient (Wildman–Crippen LogP) is 4.38. The molecule has 0 unspecified atom stereocenters. The minimum Gasteiger partial charge on any atom is -0.382 e. The van der Waals surface area contributed by atoms with E-state index in [2.05, 4.69) is 33.5 Å². The third-order valence-corrected chi connectivity index (χ3v) is 7.58. The van der Waals surface area contributed by atoms with Crippen molar-refractivity contribution in [1.82, 2.24) is 15.3 Å². The summed E-state index contributed by atoms with van der Waals surface area (Å²) in [7, 11) is 3.48. The Hall–Kier alpha value is -2.73.